The molecule has 3 atom stereocenters. The topological polar surface area (TPSA) is 38.0 Å². The molecule has 160 valence electrons. The molecule has 1 heterocycles. The minimum Gasteiger partial charge on any atom is -0.392 e. The highest BCUT2D eigenvalue weighted by Gasteiger charge is 2.48. The summed E-state index contributed by atoms with van der Waals surface area (Å²) in [6.07, 6.45) is 5.77. The van der Waals surface area contributed by atoms with Crippen LogP contribution in [0.2, 0.25) is 0 Å². The Morgan fingerprint density at radius 3 is 2.61 bits per heavy atom. The average molecular weight is 424 g/mol. The molecule has 0 amide bonds. The number of rotatable bonds is 4. The standard InChI is InChI=1S/C25H23F3N2O/c1-25-13-16-14-29-30(20-7-5-18(26)6-8-20)23(16)11-17(25)3-9-21(25)24(31)10-15-2-4-19(27)12-22(15)28/h2,4-8,11-12,14,21,24,31H,3,9-10,13H2,1H3/t21-,24+,25+/m1/s1. The van der Waals surface area contributed by atoms with Crippen molar-refractivity contribution in [1.82, 2.24) is 9.78 Å². The molecule has 0 unspecified atom stereocenters. The van der Waals surface area contributed by atoms with E-state index in [1.807, 2.05) is 10.9 Å². The molecular formula is C25H23F3N2O. The Bertz CT molecular complexity index is 1170. The number of benzene rings is 2. The van der Waals surface area contributed by atoms with E-state index in [0.717, 1.165) is 42.3 Å². The molecule has 0 bridgehead atoms. The fourth-order valence-corrected chi connectivity index (χ4v) is 5.34. The molecule has 1 saturated carbocycles. The van der Waals surface area contributed by atoms with Crippen molar-refractivity contribution in [3.63, 3.8) is 0 Å². The van der Waals surface area contributed by atoms with Gasteiger partial charge < -0.3 is 5.11 Å². The van der Waals surface area contributed by atoms with Crippen molar-refractivity contribution in [2.45, 2.75) is 38.7 Å². The van der Waals surface area contributed by atoms with Crippen molar-refractivity contribution < 1.29 is 18.3 Å². The Labute approximate surface area is 178 Å². The number of hydrogen-bond acceptors (Lipinski definition) is 2. The van der Waals surface area contributed by atoms with Gasteiger partial charge in [-0.15, -0.1) is 0 Å². The van der Waals surface area contributed by atoms with Gasteiger partial charge in [0.25, 0.3) is 0 Å². The van der Waals surface area contributed by atoms with Gasteiger partial charge in [-0.25, -0.2) is 17.9 Å². The van der Waals surface area contributed by atoms with E-state index in [1.165, 1.54) is 29.8 Å². The minimum absolute atomic E-state index is 0.0366. The number of aliphatic hydroxyl groups excluding tert-OH is 1. The molecule has 2 aromatic carbocycles. The lowest BCUT2D eigenvalue weighted by molar-refractivity contribution is 0.0560. The third-order valence-electron chi connectivity index (χ3n) is 7.01. The smallest absolute Gasteiger partial charge is 0.129 e. The second kappa shape index (κ2) is 7.38. The quantitative estimate of drug-likeness (QED) is 0.621. The lowest BCUT2D eigenvalue weighted by Gasteiger charge is -2.38. The van der Waals surface area contributed by atoms with Gasteiger partial charge in [0, 0.05) is 12.5 Å². The Morgan fingerprint density at radius 1 is 1.13 bits per heavy atom. The van der Waals surface area contributed by atoms with Crippen molar-refractivity contribution in [3.8, 4) is 5.69 Å². The Hall–Kier alpha value is -2.86. The lowest BCUT2D eigenvalue weighted by atomic mass is 9.67. The van der Waals surface area contributed by atoms with E-state index in [4.69, 9.17) is 0 Å². The van der Waals surface area contributed by atoms with Crippen LogP contribution >= 0.6 is 0 Å². The second-order valence-electron chi connectivity index (χ2n) is 8.86. The minimum atomic E-state index is -0.732. The maximum atomic E-state index is 14.1. The average Bonchev–Trinajstić information content (AvgIpc) is 3.28. The van der Waals surface area contributed by atoms with Gasteiger partial charge in [-0.3, -0.25) is 0 Å². The third kappa shape index (κ3) is 3.39. The van der Waals surface area contributed by atoms with Gasteiger partial charge in [-0.2, -0.15) is 5.10 Å². The fraction of sp³-hybridized carbons (Fsp3) is 0.320. The maximum Gasteiger partial charge on any atom is 0.129 e. The molecule has 1 aromatic heterocycles. The van der Waals surface area contributed by atoms with Crippen molar-refractivity contribution in [2.75, 3.05) is 0 Å². The van der Waals surface area contributed by atoms with Gasteiger partial charge in [0.2, 0.25) is 0 Å². The van der Waals surface area contributed by atoms with E-state index in [2.05, 4.69) is 18.1 Å². The molecule has 3 aromatic rings. The molecular weight excluding hydrogens is 401 g/mol. The molecule has 6 heteroatoms. The molecule has 2 aliphatic carbocycles. The first-order valence-electron chi connectivity index (χ1n) is 10.5. The van der Waals surface area contributed by atoms with Gasteiger partial charge in [0.1, 0.15) is 17.5 Å². The molecule has 1 fully saturated rings. The molecule has 0 radical (unpaired) electrons. The first kappa shape index (κ1) is 20.1. The monoisotopic (exact) mass is 424 g/mol. The van der Waals surface area contributed by atoms with Crippen molar-refractivity contribution in [2.24, 2.45) is 11.3 Å². The summed E-state index contributed by atoms with van der Waals surface area (Å²) in [4.78, 5) is 0. The van der Waals surface area contributed by atoms with E-state index in [-0.39, 0.29) is 23.6 Å². The van der Waals surface area contributed by atoms with Crippen molar-refractivity contribution in [1.29, 1.82) is 0 Å². The summed E-state index contributed by atoms with van der Waals surface area (Å²) in [6.45, 7) is 2.15. The fourth-order valence-electron chi connectivity index (χ4n) is 5.34. The van der Waals surface area contributed by atoms with Crippen LogP contribution in [0.1, 0.15) is 36.6 Å². The summed E-state index contributed by atoms with van der Waals surface area (Å²) in [5.41, 5.74) is 4.17. The van der Waals surface area contributed by atoms with Gasteiger partial charge >= 0.3 is 0 Å². The van der Waals surface area contributed by atoms with Gasteiger partial charge in [0.15, 0.2) is 0 Å². The molecule has 0 saturated heterocycles. The number of aromatic nitrogens is 2. The predicted octanol–water partition coefficient (Wildman–Crippen LogP) is 5.25. The molecule has 0 spiro atoms. The first-order chi connectivity index (χ1) is 14.8. The van der Waals surface area contributed by atoms with Crippen LogP contribution in [0.4, 0.5) is 13.2 Å². The largest absolute Gasteiger partial charge is 0.392 e. The van der Waals surface area contributed by atoms with E-state index in [0.29, 0.717) is 5.56 Å². The second-order valence-corrected chi connectivity index (χ2v) is 8.86. The Kier molecular flexibility index (Phi) is 4.77. The van der Waals surface area contributed by atoms with E-state index >= 15 is 0 Å². The van der Waals surface area contributed by atoms with Gasteiger partial charge in [-0.1, -0.05) is 18.6 Å². The van der Waals surface area contributed by atoms with Crippen LogP contribution in [0.25, 0.3) is 11.8 Å². The lowest BCUT2D eigenvalue weighted by Crippen LogP contribution is -2.37. The van der Waals surface area contributed by atoms with Crippen LogP contribution in [0.15, 0.2) is 54.2 Å². The van der Waals surface area contributed by atoms with Crippen LogP contribution in [0.3, 0.4) is 0 Å². The predicted molar refractivity (Wildman–Crippen MR) is 112 cm³/mol. The van der Waals surface area contributed by atoms with E-state index < -0.39 is 17.7 Å². The van der Waals surface area contributed by atoms with Crippen LogP contribution in [-0.2, 0) is 12.8 Å². The molecule has 3 nitrogen and oxygen atoms in total. The first-order valence-corrected chi connectivity index (χ1v) is 10.5. The zero-order valence-electron chi connectivity index (χ0n) is 17.2. The Balaban J connectivity index is 1.42. The number of hydrogen-bond donors (Lipinski definition) is 1. The third-order valence-corrected chi connectivity index (χ3v) is 7.01. The molecule has 1 N–H and O–H groups in total. The summed E-state index contributed by atoms with van der Waals surface area (Å²) in [5.74, 6) is -1.57. The van der Waals surface area contributed by atoms with Gasteiger partial charge in [0.05, 0.1) is 23.7 Å². The maximum absolute atomic E-state index is 14.1. The molecule has 2 aliphatic rings. The highest BCUT2D eigenvalue weighted by Crippen LogP contribution is 2.54. The molecule has 5 rings (SSSR count). The number of nitrogens with zero attached hydrogens (tertiary/aromatic N) is 2. The zero-order chi connectivity index (χ0) is 21.8. The normalized spacial score (nSPS) is 23.3. The van der Waals surface area contributed by atoms with Gasteiger partial charge in [-0.05, 0) is 78.1 Å². The SMILES string of the molecule is C[C@]12Cc3cnn(-c4ccc(F)cc4)c3C=C1CC[C@@H]2[C@@H](O)Cc1ccc(F)cc1F. The summed E-state index contributed by atoms with van der Waals surface area (Å²) in [7, 11) is 0. The highest BCUT2D eigenvalue weighted by atomic mass is 19.1. The Morgan fingerprint density at radius 2 is 1.87 bits per heavy atom. The van der Waals surface area contributed by atoms with Crippen LogP contribution in [0.5, 0.6) is 0 Å². The summed E-state index contributed by atoms with van der Waals surface area (Å²) in [5, 5.41) is 15.5. The van der Waals surface area contributed by atoms with Crippen molar-refractivity contribution in [3.05, 3.63) is 88.5 Å². The highest BCUT2D eigenvalue weighted by molar-refractivity contribution is 5.62. The number of fused-ring (bicyclic) bond motifs is 2. The number of aliphatic hydroxyl groups is 1. The summed E-state index contributed by atoms with van der Waals surface area (Å²) < 4.78 is 42.5. The van der Waals surface area contributed by atoms with Crippen LogP contribution < -0.4 is 0 Å². The number of allylic oxidation sites excluding steroid dienone is 1. The van der Waals surface area contributed by atoms with Crippen LogP contribution in [-0.4, -0.2) is 21.0 Å². The van der Waals surface area contributed by atoms with E-state index in [9.17, 15) is 18.3 Å². The zero-order valence-corrected chi connectivity index (χ0v) is 17.2. The summed E-state index contributed by atoms with van der Waals surface area (Å²) >= 11 is 0. The molecule has 0 aliphatic heterocycles. The van der Waals surface area contributed by atoms with E-state index in [1.54, 1.807) is 12.1 Å². The molecule has 31 heavy (non-hydrogen) atoms. The number of halogens is 3. The summed E-state index contributed by atoms with van der Waals surface area (Å²) in [6, 6.07) is 9.73. The van der Waals surface area contributed by atoms with Crippen molar-refractivity contribution >= 4 is 6.08 Å². The van der Waals surface area contributed by atoms with Crippen LogP contribution in [0, 0.1) is 28.8 Å².